The number of carbonyl (C=O) groups excluding carboxylic acids is 1. The molecule has 0 unspecified atom stereocenters. The Balaban J connectivity index is 1.67. The molecular formula is C17H16N2OS. The first-order valence-corrected chi connectivity index (χ1v) is 7.68. The summed E-state index contributed by atoms with van der Waals surface area (Å²) in [5.41, 5.74) is 7.83. The summed E-state index contributed by atoms with van der Waals surface area (Å²) in [7, 11) is 0. The number of benzene rings is 2. The Hall–Kier alpha value is -2.17. The Morgan fingerprint density at radius 2 is 1.95 bits per heavy atom. The first-order valence-electron chi connectivity index (χ1n) is 6.80. The van der Waals surface area contributed by atoms with Crippen LogP contribution in [0.5, 0.6) is 0 Å². The van der Waals surface area contributed by atoms with E-state index in [-0.39, 0.29) is 5.91 Å². The minimum absolute atomic E-state index is 0.159. The molecule has 3 rings (SSSR count). The second-order valence-corrected chi connectivity index (χ2v) is 5.91. The minimum Gasteiger partial charge on any atom is -0.325 e. The van der Waals surface area contributed by atoms with Crippen LogP contribution in [0, 0.1) is 0 Å². The van der Waals surface area contributed by atoms with Gasteiger partial charge in [-0.2, -0.15) is 0 Å². The summed E-state index contributed by atoms with van der Waals surface area (Å²) >= 11 is 1.69. The van der Waals surface area contributed by atoms with E-state index in [0.29, 0.717) is 6.42 Å². The van der Waals surface area contributed by atoms with Crippen molar-refractivity contribution >= 4 is 33.0 Å². The van der Waals surface area contributed by atoms with E-state index in [1.807, 2.05) is 60.0 Å². The highest BCUT2D eigenvalue weighted by Gasteiger charge is 2.14. The molecule has 0 saturated carbocycles. The van der Waals surface area contributed by atoms with Crippen LogP contribution in [-0.2, 0) is 11.2 Å². The van der Waals surface area contributed by atoms with Gasteiger partial charge in [-0.05, 0) is 47.0 Å². The first-order chi connectivity index (χ1) is 10.2. The van der Waals surface area contributed by atoms with Crippen LogP contribution >= 0.6 is 11.3 Å². The maximum atomic E-state index is 12.2. The van der Waals surface area contributed by atoms with Crippen LogP contribution in [0.15, 0.2) is 60.0 Å². The van der Waals surface area contributed by atoms with Crippen LogP contribution in [0.1, 0.15) is 5.56 Å². The van der Waals surface area contributed by atoms with E-state index in [0.717, 1.165) is 16.6 Å². The van der Waals surface area contributed by atoms with Crippen molar-refractivity contribution in [2.75, 3.05) is 5.32 Å². The predicted octanol–water partition coefficient (Wildman–Crippen LogP) is 3.41. The van der Waals surface area contributed by atoms with Gasteiger partial charge in [0.25, 0.3) is 0 Å². The van der Waals surface area contributed by atoms with Gasteiger partial charge in [-0.25, -0.2) is 0 Å². The molecule has 0 aliphatic heterocycles. The van der Waals surface area contributed by atoms with Gasteiger partial charge >= 0.3 is 0 Å². The van der Waals surface area contributed by atoms with Crippen LogP contribution in [0.2, 0.25) is 0 Å². The molecule has 106 valence electrons. The van der Waals surface area contributed by atoms with Crippen molar-refractivity contribution in [1.29, 1.82) is 0 Å². The third-order valence-corrected chi connectivity index (χ3v) is 4.25. The average molecular weight is 296 g/mol. The van der Waals surface area contributed by atoms with Crippen molar-refractivity contribution in [3.05, 3.63) is 65.5 Å². The quantitative estimate of drug-likeness (QED) is 0.775. The van der Waals surface area contributed by atoms with Crippen molar-refractivity contribution < 1.29 is 4.79 Å². The van der Waals surface area contributed by atoms with Gasteiger partial charge in [0.15, 0.2) is 0 Å². The molecule has 1 amide bonds. The monoisotopic (exact) mass is 296 g/mol. The zero-order chi connectivity index (χ0) is 14.7. The third-order valence-electron chi connectivity index (χ3n) is 3.36. The van der Waals surface area contributed by atoms with E-state index in [9.17, 15) is 4.79 Å². The lowest BCUT2D eigenvalue weighted by molar-refractivity contribution is -0.117. The molecule has 21 heavy (non-hydrogen) atoms. The van der Waals surface area contributed by atoms with Gasteiger partial charge in [0, 0.05) is 10.4 Å². The van der Waals surface area contributed by atoms with Crippen molar-refractivity contribution in [2.45, 2.75) is 12.5 Å². The highest BCUT2D eigenvalue weighted by molar-refractivity contribution is 7.17. The normalized spacial score (nSPS) is 12.2. The third kappa shape index (κ3) is 3.29. The fourth-order valence-corrected chi connectivity index (χ4v) is 3.01. The molecule has 0 aliphatic rings. The summed E-state index contributed by atoms with van der Waals surface area (Å²) in [5.74, 6) is -0.159. The number of anilines is 1. The molecule has 4 heteroatoms. The molecule has 0 fully saturated rings. The molecule has 2 aromatic carbocycles. The fraction of sp³-hybridized carbons (Fsp3) is 0.118. The molecule has 3 aromatic rings. The summed E-state index contributed by atoms with van der Waals surface area (Å²) < 4.78 is 1.21. The largest absolute Gasteiger partial charge is 0.325 e. The molecule has 1 aromatic heterocycles. The van der Waals surface area contributed by atoms with Gasteiger partial charge in [-0.3, -0.25) is 4.79 Å². The number of carbonyl (C=O) groups is 1. The molecule has 0 bridgehead atoms. The molecule has 3 N–H and O–H groups in total. The smallest absolute Gasteiger partial charge is 0.241 e. The molecule has 0 aliphatic carbocycles. The number of nitrogens with one attached hydrogen (secondary N) is 1. The Morgan fingerprint density at radius 1 is 1.14 bits per heavy atom. The van der Waals surface area contributed by atoms with E-state index < -0.39 is 6.04 Å². The lowest BCUT2D eigenvalue weighted by Gasteiger charge is -2.12. The van der Waals surface area contributed by atoms with Crippen LogP contribution in [0.4, 0.5) is 5.69 Å². The van der Waals surface area contributed by atoms with E-state index >= 15 is 0 Å². The van der Waals surface area contributed by atoms with Crippen molar-refractivity contribution in [1.82, 2.24) is 0 Å². The lowest BCUT2D eigenvalue weighted by Crippen LogP contribution is -2.37. The highest BCUT2D eigenvalue weighted by atomic mass is 32.1. The summed E-state index contributed by atoms with van der Waals surface area (Å²) in [5, 5.41) is 6.06. The van der Waals surface area contributed by atoms with E-state index in [2.05, 4.69) is 5.32 Å². The van der Waals surface area contributed by atoms with E-state index in [1.54, 1.807) is 11.3 Å². The molecule has 3 nitrogen and oxygen atoms in total. The molecule has 1 heterocycles. The number of hydrogen-bond acceptors (Lipinski definition) is 3. The minimum atomic E-state index is -0.550. The van der Waals surface area contributed by atoms with E-state index in [1.165, 1.54) is 4.70 Å². The van der Waals surface area contributed by atoms with Gasteiger partial charge in [0.2, 0.25) is 5.91 Å². The van der Waals surface area contributed by atoms with Gasteiger partial charge in [-0.15, -0.1) is 11.3 Å². The summed E-state index contributed by atoms with van der Waals surface area (Å²) in [6.45, 7) is 0. The topological polar surface area (TPSA) is 55.1 Å². The summed E-state index contributed by atoms with van der Waals surface area (Å²) in [6.07, 6.45) is 0.535. The second kappa shape index (κ2) is 6.08. The predicted molar refractivity (Wildman–Crippen MR) is 88.6 cm³/mol. The number of amides is 1. The summed E-state index contributed by atoms with van der Waals surface area (Å²) in [4.78, 5) is 12.2. The summed E-state index contributed by atoms with van der Waals surface area (Å²) in [6, 6.07) is 17.2. The SMILES string of the molecule is N[C@@H](Cc1ccccc1)C(=O)Nc1ccc2sccc2c1. The zero-order valence-corrected chi connectivity index (χ0v) is 12.3. The fourth-order valence-electron chi connectivity index (χ4n) is 2.24. The number of nitrogens with two attached hydrogens (primary N) is 1. The average Bonchev–Trinajstić information content (AvgIpc) is 2.95. The Kier molecular flexibility index (Phi) is 3.99. The van der Waals surface area contributed by atoms with Crippen molar-refractivity contribution in [3.8, 4) is 0 Å². The van der Waals surface area contributed by atoms with Crippen LogP contribution in [-0.4, -0.2) is 11.9 Å². The standard InChI is InChI=1S/C17H16N2OS/c18-15(10-12-4-2-1-3-5-12)17(20)19-14-6-7-16-13(11-14)8-9-21-16/h1-9,11,15H,10,18H2,(H,19,20)/t15-/m0/s1. The van der Waals surface area contributed by atoms with Crippen molar-refractivity contribution in [2.24, 2.45) is 5.73 Å². The van der Waals surface area contributed by atoms with Crippen LogP contribution < -0.4 is 11.1 Å². The molecule has 0 radical (unpaired) electrons. The Bertz CT molecular complexity index is 752. The zero-order valence-electron chi connectivity index (χ0n) is 11.5. The van der Waals surface area contributed by atoms with Crippen LogP contribution in [0.3, 0.4) is 0 Å². The number of thiophene rings is 1. The Labute approximate surface area is 127 Å². The Morgan fingerprint density at radius 3 is 2.76 bits per heavy atom. The number of fused-ring (bicyclic) bond motifs is 1. The number of rotatable bonds is 4. The second-order valence-electron chi connectivity index (χ2n) is 4.96. The molecule has 0 saturated heterocycles. The molecule has 1 atom stereocenters. The maximum Gasteiger partial charge on any atom is 0.241 e. The molecule has 0 spiro atoms. The van der Waals surface area contributed by atoms with Crippen molar-refractivity contribution in [3.63, 3.8) is 0 Å². The number of hydrogen-bond donors (Lipinski definition) is 2. The highest BCUT2D eigenvalue weighted by Crippen LogP contribution is 2.24. The van der Waals surface area contributed by atoms with Gasteiger partial charge in [-0.1, -0.05) is 30.3 Å². The van der Waals surface area contributed by atoms with Gasteiger partial charge in [0.05, 0.1) is 6.04 Å². The van der Waals surface area contributed by atoms with E-state index in [4.69, 9.17) is 5.73 Å². The van der Waals surface area contributed by atoms with Gasteiger partial charge in [0.1, 0.15) is 0 Å². The first kappa shape index (κ1) is 13.8. The lowest BCUT2D eigenvalue weighted by atomic mass is 10.1. The van der Waals surface area contributed by atoms with Crippen LogP contribution in [0.25, 0.3) is 10.1 Å². The molecular weight excluding hydrogens is 280 g/mol. The maximum absolute atomic E-state index is 12.2. The van der Waals surface area contributed by atoms with Gasteiger partial charge < -0.3 is 11.1 Å².